The molecule has 3 aromatic carbocycles. The van der Waals surface area contributed by atoms with Gasteiger partial charge in [0.15, 0.2) is 11.5 Å². The second-order valence-corrected chi connectivity index (χ2v) is 11.4. The van der Waals surface area contributed by atoms with Crippen molar-refractivity contribution in [3.8, 4) is 39.9 Å². The van der Waals surface area contributed by atoms with E-state index in [0.717, 1.165) is 65.7 Å². The molecule has 1 saturated carbocycles. The summed E-state index contributed by atoms with van der Waals surface area (Å²) in [6.07, 6.45) is 4.66. The van der Waals surface area contributed by atoms with E-state index in [0.29, 0.717) is 24.7 Å². The lowest BCUT2D eigenvalue weighted by Crippen LogP contribution is -2.30. The largest absolute Gasteiger partial charge is 0.508 e. The molecular weight excluding hydrogens is 522 g/mol. The first-order valence-corrected chi connectivity index (χ1v) is 14.3. The zero-order valence-electron chi connectivity index (χ0n) is 23.8. The van der Waals surface area contributed by atoms with Crippen LogP contribution in [0.1, 0.15) is 66.9 Å². The standard InChI is InChI=1S/C33H37NO7/c1-19(35)40-18-25-23-7-8-24-29-21(14-22(36)16-28(29)38-3)17-33(10-4-5-11-33)30(24)32(23)41-31(25)20-6-9-26(37)27(15-20)39-13-12-34-2/h6-9,14-16,25,31,34,36-37H,4-5,10-13,17-18H2,1-3H3. The maximum absolute atomic E-state index is 11.9. The number of nitrogens with one attached hydrogen (secondary N) is 1. The van der Waals surface area contributed by atoms with Crippen molar-refractivity contribution >= 4 is 5.97 Å². The first-order chi connectivity index (χ1) is 19.8. The number of esters is 1. The molecule has 0 saturated heterocycles. The number of benzene rings is 3. The molecule has 0 aromatic heterocycles. The van der Waals surface area contributed by atoms with Crippen molar-refractivity contribution in [2.24, 2.45) is 0 Å². The number of aromatic hydroxyl groups is 2. The fourth-order valence-electron chi connectivity index (χ4n) is 7.09. The van der Waals surface area contributed by atoms with Crippen molar-refractivity contribution in [3.63, 3.8) is 0 Å². The number of methoxy groups -OCH3 is 1. The lowest BCUT2D eigenvalue weighted by atomic mass is 9.65. The number of carbonyl (C=O) groups is 1. The molecule has 0 amide bonds. The third-order valence-electron chi connectivity index (χ3n) is 8.86. The van der Waals surface area contributed by atoms with E-state index in [2.05, 4.69) is 17.4 Å². The Labute approximate surface area is 240 Å². The highest BCUT2D eigenvalue weighted by atomic mass is 16.5. The number of rotatable bonds is 8. The molecule has 2 aliphatic carbocycles. The maximum atomic E-state index is 11.9. The second-order valence-electron chi connectivity index (χ2n) is 11.4. The van der Waals surface area contributed by atoms with Gasteiger partial charge < -0.3 is 34.5 Å². The minimum atomic E-state index is -0.440. The molecule has 2 unspecified atom stereocenters. The molecule has 3 aromatic rings. The summed E-state index contributed by atoms with van der Waals surface area (Å²) in [7, 11) is 3.47. The van der Waals surface area contributed by atoms with E-state index in [1.165, 1.54) is 12.5 Å². The number of hydrogen-bond acceptors (Lipinski definition) is 8. The number of phenolic OH excluding ortho intramolecular Hbond substituents is 2. The molecule has 1 heterocycles. The number of carbonyl (C=O) groups excluding carboxylic acids is 1. The normalized spacial score (nSPS) is 19.7. The average Bonchev–Trinajstić information content (AvgIpc) is 3.57. The molecule has 0 bridgehead atoms. The maximum Gasteiger partial charge on any atom is 0.302 e. The molecule has 1 aliphatic heterocycles. The van der Waals surface area contributed by atoms with Crippen LogP contribution in [0.2, 0.25) is 0 Å². The Bertz CT molecular complexity index is 1480. The quantitative estimate of drug-likeness (QED) is 0.245. The molecule has 3 aliphatic rings. The summed E-state index contributed by atoms with van der Waals surface area (Å²) in [4.78, 5) is 11.9. The Hall–Kier alpha value is -3.91. The SMILES string of the molecule is CNCCOc1cc(C2Oc3c(ccc4c3C3(CCCC3)Cc3cc(O)cc(OC)c3-4)C2COC(C)=O)ccc1O. The van der Waals surface area contributed by atoms with Gasteiger partial charge in [0.2, 0.25) is 0 Å². The summed E-state index contributed by atoms with van der Waals surface area (Å²) in [6, 6.07) is 13.0. The highest BCUT2D eigenvalue weighted by molar-refractivity contribution is 5.84. The van der Waals surface area contributed by atoms with Crippen LogP contribution in [0, 0.1) is 0 Å². The molecule has 6 rings (SSSR count). The predicted octanol–water partition coefficient (Wildman–Crippen LogP) is 5.52. The van der Waals surface area contributed by atoms with Gasteiger partial charge in [0.05, 0.1) is 13.0 Å². The molecule has 8 heteroatoms. The molecule has 1 spiro atoms. The van der Waals surface area contributed by atoms with E-state index in [4.69, 9.17) is 18.9 Å². The second kappa shape index (κ2) is 10.8. The van der Waals surface area contributed by atoms with Crippen LogP contribution >= 0.6 is 0 Å². The summed E-state index contributed by atoms with van der Waals surface area (Å²) in [5.74, 6) is 1.55. The smallest absolute Gasteiger partial charge is 0.302 e. The Kier molecular flexibility index (Phi) is 7.20. The minimum absolute atomic E-state index is 0.0612. The Morgan fingerprint density at radius 1 is 1.10 bits per heavy atom. The van der Waals surface area contributed by atoms with Crippen LogP contribution in [0.25, 0.3) is 11.1 Å². The van der Waals surface area contributed by atoms with Crippen molar-refractivity contribution in [3.05, 3.63) is 64.7 Å². The van der Waals surface area contributed by atoms with Gasteiger partial charge in [-0.15, -0.1) is 0 Å². The first kappa shape index (κ1) is 27.3. The van der Waals surface area contributed by atoms with Crippen molar-refractivity contribution in [2.75, 3.05) is 33.9 Å². The van der Waals surface area contributed by atoms with Gasteiger partial charge in [-0.1, -0.05) is 31.0 Å². The summed E-state index contributed by atoms with van der Waals surface area (Å²) in [5, 5.41) is 24.0. The number of ether oxygens (including phenoxy) is 4. The van der Waals surface area contributed by atoms with Gasteiger partial charge in [-0.2, -0.15) is 0 Å². The van der Waals surface area contributed by atoms with Gasteiger partial charge in [0.25, 0.3) is 0 Å². The summed E-state index contributed by atoms with van der Waals surface area (Å²) in [6.45, 7) is 2.63. The minimum Gasteiger partial charge on any atom is -0.508 e. The molecule has 216 valence electrons. The van der Waals surface area contributed by atoms with Gasteiger partial charge in [-0.05, 0) is 61.2 Å². The van der Waals surface area contributed by atoms with Gasteiger partial charge in [0.1, 0.15) is 36.6 Å². The zero-order chi connectivity index (χ0) is 28.7. The van der Waals surface area contributed by atoms with Crippen molar-refractivity contribution in [1.82, 2.24) is 5.32 Å². The van der Waals surface area contributed by atoms with Crippen molar-refractivity contribution in [2.45, 2.75) is 56.5 Å². The number of likely N-dealkylation sites (N-methyl/N-ethyl adjacent to an activating group) is 1. The number of fused-ring (bicyclic) bond motifs is 6. The fourth-order valence-corrected chi connectivity index (χ4v) is 7.09. The lowest BCUT2D eigenvalue weighted by molar-refractivity contribution is -0.141. The van der Waals surface area contributed by atoms with Crippen molar-refractivity contribution in [1.29, 1.82) is 0 Å². The van der Waals surface area contributed by atoms with Crippen LogP contribution in [0.15, 0.2) is 42.5 Å². The highest BCUT2D eigenvalue weighted by Gasteiger charge is 2.48. The van der Waals surface area contributed by atoms with E-state index in [-0.39, 0.29) is 35.4 Å². The Balaban J connectivity index is 1.49. The van der Waals surface area contributed by atoms with Gasteiger partial charge in [0, 0.05) is 41.6 Å². The van der Waals surface area contributed by atoms with Crippen LogP contribution in [-0.2, 0) is 21.4 Å². The van der Waals surface area contributed by atoms with E-state index >= 15 is 0 Å². The first-order valence-electron chi connectivity index (χ1n) is 14.3. The van der Waals surface area contributed by atoms with Gasteiger partial charge >= 0.3 is 5.97 Å². The van der Waals surface area contributed by atoms with Crippen LogP contribution < -0.4 is 19.5 Å². The summed E-state index contributed by atoms with van der Waals surface area (Å²) >= 11 is 0. The van der Waals surface area contributed by atoms with Crippen molar-refractivity contribution < 1.29 is 34.0 Å². The van der Waals surface area contributed by atoms with Crippen LogP contribution in [0.4, 0.5) is 0 Å². The van der Waals surface area contributed by atoms with E-state index in [1.54, 1.807) is 19.2 Å². The zero-order valence-corrected chi connectivity index (χ0v) is 23.8. The molecule has 0 radical (unpaired) electrons. The number of hydrogen-bond donors (Lipinski definition) is 3. The third-order valence-corrected chi connectivity index (χ3v) is 8.86. The molecule has 3 N–H and O–H groups in total. The molecule has 1 fully saturated rings. The lowest BCUT2D eigenvalue weighted by Gasteiger charge is -2.39. The highest BCUT2D eigenvalue weighted by Crippen LogP contribution is 2.61. The van der Waals surface area contributed by atoms with Gasteiger partial charge in [-0.3, -0.25) is 4.79 Å². The average molecular weight is 560 g/mol. The summed E-state index contributed by atoms with van der Waals surface area (Å²) in [5.41, 5.74) is 6.06. The number of phenols is 2. The van der Waals surface area contributed by atoms with E-state index in [9.17, 15) is 15.0 Å². The Morgan fingerprint density at radius 2 is 1.90 bits per heavy atom. The molecule has 41 heavy (non-hydrogen) atoms. The molecule has 8 nitrogen and oxygen atoms in total. The Morgan fingerprint density at radius 3 is 2.63 bits per heavy atom. The summed E-state index contributed by atoms with van der Waals surface area (Å²) < 4.78 is 24.1. The third kappa shape index (κ3) is 4.74. The van der Waals surface area contributed by atoms with Gasteiger partial charge in [-0.25, -0.2) is 0 Å². The molecular formula is C33H37NO7. The van der Waals surface area contributed by atoms with E-state index < -0.39 is 6.10 Å². The fraction of sp³-hybridized carbons (Fsp3) is 0.424. The van der Waals surface area contributed by atoms with Crippen LogP contribution in [0.5, 0.6) is 28.7 Å². The predicted molar refractivity (Wildman–Crippen MR) is 154 cm³/mol. The van der Waals surface area contributed by atoms with Crippen LogP contribution in [0.3, 0.4) is 0 Å². The molecule has 2 atom stereocenters. The monoisotopic (exact) mass is 559 g/mol. The van der Waals surface area contributed by atoms with Crippen LogP contribution in [-0.4, -0.2) is 50.1 Å². The topological polar surface area (TPSA) is 106 Å². The van der Waals surface area contributed by atoms with E-state index in [1.807, 2.05) is 25.2 Å².